The Balaban J connectivity index is 0.963. The first-order chi connectivity index (χ1) is 31.9. The first-order valence-corrected chi connectivity index (χ1v) is 20.7. The Morgan fingerprint density at radius 3 is 0.955 bits per heavy atom. The van der Waals surface area contributed by atoms with Crippen molar-refractivity contribution in [1.29, 1.82) is 0 Å². The summed E-state index contributed by atoms with van der Waals surface area (Å²) in [7, 11) is 0. The Bertz CT molecular complexity index is 3340. The van der Waals surface area contributed by atoms with Gasteiger partial charge in [-0.1, -0.05) is 164 Å². The van der Waals surface area contributed by atoms with Crippen molar-refractivity contribution >= 4 is 10.8 Å². The number of alkyl halides is 6. The van der Waals surface area contributed by atoms with Gasteiger partial charge >= 0.3 is 12.4 Å². The third kappa shape index (κ3) is 8.64. The van der Waals surface area contributed by atoms with Crippen molar-refractivity contribution in [2.45, 2.75) is 12.4 Å². The van der Waals surface area contributed by atoms with E-state index in [0.717, 1.165) is 68.4 Å². The van der Waals surface area contributed by atoms with Crippen LogP contribution in [0.5, 0.6) is 0 Å². The molecule has 0 radical (unpaired) electrons. The molecule has 12 heteroatoms. The van der Waals surface area contributed by atoms with Crippen LogP contribution in [0.4, 0.5) is 26.3 Å². The molecule has 10 aromatic rings. The number of halogens is 6. The van der Waals surface area contributed by atoms with E-state index in [2.05, 4.69) is 40.3 Å². The third-order valence-corrected chi connectivity index (χ3v) is 11.1. The second-order valence-electron chi connectivity index (χ2n) is 15.4. The molecule has 8 aromatic carbocycles. The molecule has 0 amide bonds. The van der Waals surface area contributed by atoms with Crippen molar-refractivity contribution in [3.63, 3.8) is 0 Å². The molecule has 0 aliphatic heterocycles. The van der Waals surface area contributed by atoms with Crippen molar-refractivity contribution in [1.82, 2.24) is 29.9 Å². The van der Waals surface area contributed by atoms with Crippen LogP contribution in [0.2, 0.25) is 0 Å². The van der Waals surface area contributed by atoms with E-state index >= 15 is 0 Å². The summed E-state index contributed by atoms with van der Waals surface area (Å²) in [6.45, 7) is 0. The van der Waals surface area contributed by atoms with Crippen molar-refractivity contribution in [3.8, 4) is 90.6 Å². The molecule has 0 spiro atoms. The van der Waals surface area contributed by atoms with Gasteiger partial charge in [-0.25, -0.2) is 29.9 Å². The molecule has 0 aliphatic rings. The highest BCUT2D eigenvalue weighted by Gasteiger charge is 2.31. The normalized spacial score (nSPS) is 11.8. The monoisotopic (exact) mass is 878 g/mol. The Kier molecular flexibility index (Phi) is 10.7. The maximum atomic E-state index is 13.4. The summed E-state index contributed by atoms with van der Waals surface area (Å²) in [6, 6.07) is 56.2. The van der Waals surface area contributed by atoms with Crippen molar-refractivity contribution in [2.24, 2.45) is 0 Å². The first kappa shape index (κ1) is 41.6. The highest BCUT2D eigenvalue weighted by atomic mass is 19.4. The number of benzene rings is 8. The highest BCUT2D eigenvalue weighted by Crippen LogP contribution is 2.36. The zero-order chi connectivity index (χ0) is 45.4. The molecular formula is C54H32F6N6. The maximum absolute atomic E-state index is 13.4. The summed E-state index contributed by atoms with van der Waals surface area (Å²) >= 11 is 0. The van der Waals surface area contributed by atoms with Gasteiger partial charge in [0.2, 0.25) is 0 Å². The van der Waals surface area contributed by atoms with Crippen LogP contribution in [-0.2, 0) is 12.4 Å². The lowest BCUT2D eigenvalue weighted by molar-refractivity contribution is -0.138. The van der Waals surface area contributed by atoms with E-state index in [4.69, 9.17) is 19.9 Å². The van der Waals surface area contributed by atoms with Crippen LogP contribution in [0, 0.1) is 0 Å². The van der Waals surface area contributed by atoms with Gasteiger partial charge in [-0.3, -0.25) is 0 Å². The molecule has 10 rings (SSSR count). The van der Waals surface area contributed by atoms with Gasteiger partial charge in [0.15, 0.2) is 34.9 Å². The topological polar surface area (TPSA) is 77.3 Å². The largest absolute Gasteiger partial charge is 0.416 e. The van der Waals surface area contributed by atoms with Crippen molar-refractivity contribution < 1.29 is 26.3 Å². The predicted molar refractivity (Wildman–Crippen MR) is 244 cm³/mol. The van der Waals surface area contributed by atoms with Crippen LogP contribution in [-0.4, -0.2) is 29.9 Å². The molecule has 0 fully saturated rings. The fourth-order valence-electron chi connectivity index (χ4n) is 7.63. The fourth-order valence-corrected chi connectivity index (χ4v) is 7.63. The molecule has 2 heterocycles. The van der Waals surface area contributed by atoms with Gasteiger partial charge in [0.25, 0.3) is 0 Å². The average Bonchev–Trinajstić information content (AvgIpc) is 3.36. The zero-order valence-corrected chi connectivity index (χ0v) is 34.4. The van der Waals surface area contributed by atoms with Crippen LogP contribution in [0.1, 0.15) is 11.1 Å². The quantitative estimate of drug-likeness (QED) is 0.142. The molecule has 0 unspecified atom stereocenters. The second kappa shape index (κ2) is 17.0. The van der Waals surface area contributed by atoms with Gasteiger partial charge in [0.05, 0.1) is 11.1 Å². The summed E-state index contributed by atoms with van der Waals surface area (Å²) < 4.78 is 80.2. The van der Waals surface area contributed by atoms with E-state index < -0.39 is 23.5 Å². The van der Waals surface area contributed by atoms with Gasteiger partial charge in [-0.15, -0.1) is 0 Å². The molecule has 0 N–H and O–H groups in total. The minimum Gasteiger partial charge on any atom is -0.208 e. The summed E-state index contributed by atoms with van der Waals surface area (Å²) in [5.74, 6) is 2.03. The number of fused-ring (bicyclic) bond motifs is 1. The summed E-state index contributed by atoms with van der Waals surface area (Å²) in [6.07, 6.45) is -8.94. The lowest BCUT2D eigenvalue weighted by atomic mass is 9.94. The SMILES string of the molecule is FC(F)(F)c1ccc(-c2nc(-c3ccccc3)nc(-c3ccc(-c4ccc5cccc(-c6ccc(-c7nc(-c8ccccc8)nc(-c8ccc(C(F)(F)F)cc8)n7)cc6)c5c4)cc3)n2)cc1. The van der Waals surface area contributed by atoms with Crippen LogP contribution in [0.15, 0.2) is 194 Å². The first-order valence-electron chi connectivity index (χ1n) is 20.7. The van der Waals surface area contributed by atoms with Gasteiger partial charge in [-0.05, 0) is 63.4 Å². The van der Waals surface area contributed by atoms with E-state index in [-0.39, 0.29) is 11.6 Å². The molecule has 320 valence electrons. The van der Waals surface area contributed by atoms with Crippen LogP contribution < -0.4 is 0 Å². The van der Waals surface area contributed by atoms with Crippen LogP contribution in [0.3, 0.4) is 0 Å². The number of hydrogen-bond acceptors (Lipinski definition) is 6. The number of aromatic nitrogens is 6. The highest BCUT2D eigenvalue weighted by molar-refractivity contribution is 5.99. The molecule has 0 aliphatic carbocycles. The van der Waals surface area contributed by atoms with E-state index in [1.165, 1.54) is 24.3 Å². The fraction of sp³-hybridized carbons (Fsp3) is 0.0370. The van der Waals surface area contributed by atoms with E-state index in [1.54, 1.807) is 0 Å². The van der Waals surface area contributed by atoms with Gasteiger partial charge in [0, 0.05) is 33.4 Å². The maximum Gasteiger partial charge on any atom is 0.416 e. The molecule has 0 saturated heterocycles. The van der Waals surface area contributed by atoms with E-state index in [9.17, 15) is 26.3 Å². The van der Waals surface area contributed by atoms with E-state index in [0.29, 0.717) is 45.6 Å². The number of nitrogens with zero attached hydrogens (tertiary/aromatic N) is 6. The van der Waals surface area contributed by atoms with Gasteiger partial charge < -0.3 is 0 Å². The molecule has 0 bridgehead atoms. The Hall–Kier alpha value is -8.38. The smallest absolute Gasteiger partial charge is 0.208 e. The predicted octanol–water partition coefficient (Wildman–Crippen LogP) is 14.6. The lowest BCUT2D eigenvalue weighted by Crippen LogP contribution is -2.04. The summed E-state index contributed by atoms with van der Waals surface area (Å²) in [5.41, 5.74) is 6.07. The zero-order valence-electron chi connectivity index (χ0n) is 34.4. The third-order valence-electron chi connectivity index (χ3n) is 11.1. The summed E-state index contributed by atoms with van der Waals surface area (Å²) in [5, 5.41) is 2.06. The Labute approximate surface area is 374 Å². The minimum atomic E-state index is -4.47. The van der Waals surface area contributed by atoms with Crippen molar-refractivity contribution in [2.75, 3.05) is 0 Å². The molecule has 0 atom stereocenters. The molecular weight excluding hydrogens is 847 g/mol. The van der Waals surface area contributed by atoms with E-state index in [1.807, 2.05) is 115 Å². The van der Waals surface area contributed by atoms with Gasteiger partial charge in [-0.2, -0.15) is 26.3 Å². The minimum absolute atomic E-state index is 0.249. The Morgan fingerprint density at radius 2 is 0.576 bits per heavy atom. The molecule has 0 saturated carbocycles. The standard InChI is InChI=1S/C54H32F6N6/c55-53(56,57)43-28-24-40(25-29-43)51-63-47(36-8-3-1-4-9-36)61-49(65-51)38-19-14-33(15-20-38)42-23-18-34-12-7-13-45(46(34)32-42)35-16-21-39(22-17-35)50-62-48(37-10-5-2-6-11-37)64-52(66-50)41-26-30-44(31-27-41)54(58,59)60/h1-32H. The van der Waals surface area contributed by atoms with Crippen LogP contribution in [0.25, 0.3) is 101 Å². The molecule has 66 heavy (non-hydrogen) atoms. The number of hydrogen-bond donors (Lipinski definition) is 0. The second-order valence-corrected chi connectivity index (χ2v) is 15.4. The summed E-state index contributed by atoms with van der Waals surface area (Å²) in [4.78, 5) is 28.2. The average molecular weight is 879 g/mol. The Morgan fingerprint density at radius 1 is 0.258 bits per heavy atom. The van der Waals surface area contributed by atoms with Crippen molar-refractivity contribution in [3.05, 3.63) is 205 Å². The molecule has 6 nitrogen and oxygen atoms in total. The molecule has 2 aromatic heterocycles. The van der Waals surface area contributed by atoms with Gasteiger partial charge in [0.1, 0.15) is 0 Å². The van der Waals surface area contributed by atoms with Crippen LogP contribution >= 0.6 is 0 Å². The lowest BCUT2D eigenvalue weighted by Gasteiger charge is -2.12. The number of rotatable bonds is 8.